The van der Waals surface area contributed by atoms with Gasteiger partial charge in [-0.2, -0.15) is 0 Å². The number of rotatable bonds is 1. The number of aliphatic carboxylic acids is 1. The zero-order valence-electron chi connectivity index (χ0n) is 7.20. The highest BCUT2D eigenvalue weighted by molar-refractivity contribution is 7.11. The summed E-state index contributed by atoms with van der Waals surface area (Å²) < 4.78 is 0. The number of carboxylic acid groups (broad SMARTS) is 1. The van der Waals surface area contributed by atoms with E-state index >= 15 is 0 Å². The Morgan fingerprint density at radius 2 is 2.54 bits per heavy atom. The van der Waals surface area contributed by atoms with Crippen molar-refractivity contribution in [2.24, 2.45) is 0 Å². The lowest BCUT2D eigenvalue weighted by Crippen LogP contribution is -2.31. The third kappa shape index (κ3) is 1.45. The number of carboxylic acids is 1. The van der Waals surface area contributed by atoms with Crippen LogP contribution >= 0.6 is 11.3 Å². The van der Waals surface area contributed by atoms with E-state index in [0.29, 0.717) is 13.1 Å². The fourth-order valence-electron chi connectivity index (χ4n) is 1.51. The SMILES string of the molecule is Cc1nc2c(s1)C(C(=O)O)CNC2. The molecule has 0 aromatic carbocycles. The van der Waals surface area contributed by atoms with Gasteiger partial charge in [0.2, 0.25) is 0 Å². The molecule has 0 radical (unpaired) electrons. The summed E-state index contributed by atoms with van der Waals surface area (Å²) >= 11 is 1.49. The Labute approximate surface area is 79.6 Å². The van der Waals surface area contributed by atoms with Crippen LogP contribution in [-0.2, 0) is 11.3 Å². The molecule has 1 unspecified atom stereocenters. The lowest BCUT2D eigenvalue weighted by atomic mass is 10.0. The summed E-state index contributed by atoms with van der Waals surface area (Å²) in [6.07, 6.45) is 0. The number of nitrogens with one attached hydrogen (secondary N) is 1. The molecule has 1 aliphatic heterocycles. The summed E-state index contributed by atoms with van der Waals surface area (Å²) in [5.74, 6) is -1.17. The average Bonchev–Trinajstić information content (AvgIpc) is 2.43. The number of hydrogen-bond donors (Lipinski definition) is 2. The number of fused-ring (bicyclic) bond motifs is 1. The minimum Gasteiger partial charge on any atom is -0.481 e. The highest BCUT2D eigenvalue weighted by atomic mass is 32.1. The van der Waals surface area contributed by atoms with E-state index in [2.05, 4.69) is 10.3 Å². The van der Waals surface area contributed by atoms with Crippen LogP contribution in [0.5, 0.6) is 0 Å². The van der Waals surface area contributed by atoms with Crippen LogP contribution in [0.3, 0.4) is 0 Å². The number of nitrogens with zero attached hydrogens (tertiary/aromatic N) is 1. The maximum Gasteiger partial charge on any atom is 0.313 e. The van der Waals surface area contributed by atoms with Crippen LogP contribution in [0.2, 0.25) is 0 Å². The van der Waals surface area contributed by atoms with Crippen LogP contribution in [0.1, 0.15) is 21.5 Å². The lowest BCUT2D eigenvalue weighted by molar-refractivity contribution is -0.138. The molecule has 0 fully saturated rings. The third-order valence-electron chi connectivity index (χ3n) is 2.09. The molecule has 0 aliphatic carbocycles. The minimum atomic E-state index is -0.767. The number of carbonyl (C=O) groups is 1. The highest BCUT2D eigenvalue weighted by Gasteiger charge is 2.28. The quantitative estimate of drug-likeness (QED) is 0.698. The Hall–Kier alpha value is -0.940. The van der Waals surface area contributed by atoms with Crippen molar-refractivity contribution in [1.82, 2.24) is 10.3 Å². The maximum absolute atomic E-state index is 10.9. The van der Waals surface area contributed by atoms with Gasteiger partial charge in [-0.25, -0.2) is 4.98 Å². The summed E-state index contributed by atoms with van der Waals surface area (Å²) in [5, 5.41) is 12.9. The fraction of sp³-hybridized carbons (Fsp3) is 0.500. The first-order chi connectivity index (χ1) is 6.18. The van der Waals surface area contributed by atoms with Crippen LogP contribution in [0, 0.1) is 6.92 Å². The fourth-order valence-corrected chi connectivity index (χ4v) is 2.55. The van der Waals surface area contributed by atoms with Gasteiger partial charge in [-0.15, -0.1) is 11.3 Å². The van der Waals surface area contributed by atoms with Crippen molar-refractivity contribution in [3.05, 3.63) is 15.6 Å². The van der Waals surface area contributed by atoms with Crippen molar-refractivity contribution >= 4 is 17.3 Å². The molecule has 4 nitrogen and oxygen atoms in total. The largest absolute Gasteiger partial charge is 0.481 e. The average molecular weight is 198 g/mol. The second kappa shape index (κ2) is 3.08. The van der Waals surface area contributed by atoms with Gasteiger partial charge >= 0.3 is 5.97 Å². The summed E-state index contributed by atoms with van der Waals surface area (Å²) in [7, 11) is 0. The second-order valence-corrected chi connectivity index (χ2v) is 4.30. The van der Waals surface area contributed by atoms with E-state index in [-0.39, 0.29) is 0 Å². The standard InChI is InChI=1S/C8H10N2O2S/c1-4-10-6-3-9-2-5(8(11)12)7(6)13-4/h5,9H,2-3H2,1H3,(H,11,12). The van der Waals surface area contributed by atoms with Gasteiger partial charge in [0.1, 0.15) is 5.92 Å². The predicted octanol–water partition coefficient (Wildman–Crippen LogP) is 0.723. The molecular weight excluding hydrogens is 188 g/mol. The van der Waals surface area contributed by atoms with Gasteiger partial charge in [-0.3, -0.25) is 4.79 Å². The van der Waals surface area contributed by atoms with Gasteiger partial charge in [0.05, 0.1) is 10.7 Å². The Morgan fingerprint density at radius 3 is 3.23 bits per heavy atom. The van der Waals surface area contributed by atoms with Crippen LogP contribution in [-0.4, -0.2) is 22.6 Å². The molecule has 1 atom stereocenters. The van der Waals surface area contributed by atoms with E-state index in [1.54, 1.807) is 0 Å². The number of thiazole rings is 1. The Kier molecular flexibility index (Phi) is 2.05. The summed E-state index contributed by atoms with van der Waals surface area (Å²) in [5.41, 5.74) is 0.904. The van der Waals surface area contributed by atoms with Crippen LogP contribution < -0.4 is 5.32 Å². The minimum absolute atomic E-state index is 0.407. The van der Waals surface area contributed by atoms with E-state index in [4.69, 9.17) is 5.11 Å². The number of hydrogen-bond acceptors (Lipinski definition) is 4. The van der Waals surface area contributed by atoms with Gasteiger partial charge in [0.15, 0.2) is 0 Å². The molecule has 0 saturated heterocycles. The second-order valence-electron chi connectivity index (χ2n) is 3.07. The number of aromatic nitrogens is 1. The van der Waals surface area contributed by atoms with E-state index < -0.39 is 11.9 Å². The van der Waals surface area contributed by atoms with Gasteiger partial charge in [0, 0.05) is 18.0 Å². The highest BCUT2D eigenvalue weighted by Crippen LogP contribution is 2.29. The molecule has 2 N–H and O–H groups in total. The smallest absolute Gasteiger partial charge is 0.313 e. The lowest BCUT2D eigenvalue weighted by Gasteiger charge is -2.18. The first-order valence-electron chi connectivity index (χ1n) is 4.08. The molecule has 2 rings (SSSR count). The molecule has 1 aromatic rings. The molecule has 0 bridgehead atoms. The molecular formula is C8H10N2O2S. The first kappa shape index (κ1) is 8.65. The van der Waals surface area contributed by atoms with Gasteiger partial charge in [0.25, 0.3) is 0 Å². The van der Waals surface area contributed by atoms with Crippen molar-refractivity contribution in [3.63, 3.8) is 0 Å². The molecule has 0 spiro atoms. The molecule has 13 heavy (non-hydrogen) atoms. The summed E-state index contributed by atoms with van der Waals surface area (Å²) in [6.45, 7) is 3.12. The first-order valence-corrected chi connectivity index (χ1v) is 4.90. The van der Waals surface area contributed by atoms with Crippen molar-refractivity contribution in [2.75, 3.05) is 6.54 Å². The zero-order valence-corrected chi connectivity index (χ0v) is 8.02. The van der Waals surface area contributed by atoms with E-state index in [0.717, 1.165) is 15.6 Å². The zero-order chi connectivity index (χ0) is 9.42. The van der Waals surface area contributed by atoms with E-state index in [1.807, 2.05) is 6.92 Å². The van der Waals surface area contributed by atoms with Crippen LogP contribution in [0.15, 0.2) is 0 Å². The summed E-state index contributed by atoms with van der Waals surface area (Å²) in [6, 6.07) is 0. The third-order valence-corrected chi connectivity index (χ3v) is 3.22. The van der Waals surface area contributed by atoms with Crippen molar-refractivity contribution in [3.8, 4) is 0 Å². The van der Waals surface area contributed by atoms with Crippen LogP contribution in [0.4, 0.5) is 0 Å². The molecule has 0 saturated carbocycles. The van der Waals surface area contributed by atoms with Crippen molar-refractivity contribution in [1.29, 1.82) is 0 Å². The molecule has 2 heterocycles. The van der Waals surface area contributed by atoms with E-state index in [1.165, 1.54) is 11.3 Å². The van der Waals surface area contributed by atoms with Gasteiger partial charge in [-0.05, 0) is 6.92 Å². The topological polar surface area (TPSA) is 62.2 Å². The van der Waals surface area contributed by atoms with Gasteiger partial charge in [-0.1, -0.05) is 0 Å². The van der Waals surface area contributed by atoms with E-state index in [9.17, 15) is 4.79 Å². The molecule has 70 valence electrons. The van der Waals surface area contributed by atoms with Gasteiger partial charge < -0.3 is 10.4 Å². The Bertz CT molecular complexity index is 348. The van der Waals surface area contributed by atoms with Crippen molar-refractivity contribution in [2.45, 2.75) is 19.4 Å². The molecule has 1 aromatic heterocycles. The Morgan fingerprint density at radius 1 is 1.77 bits per heavy atom. The monoisotopic (exact) mass is 198 g/mol. The van der Waals surface area contributed by atoms with Crippen LogP contribution in [0.25, 0.3) is 0 Å². The normalized spacial score (nSPS) is 21.2. The number of aryl methyl sites for hydroxylation is 1. The maximum atomic E-state index is 10.9. The summed E-state index contributed by atoms with van der Waals surface area (Å²) in [4.78, 5) is 16.1. The predicted molar refractivity (Wildman–Crippen MR) is 48.9 cm³/mol. The Balaban J connectivity index is 2.41. The molecule has 0 amide bonds. The molecule has 5 heteroatoms. The van der Waals surface area contributed by atoms with Crippen molar-refractivity contribution < 1.29 is 9.90 Å². The molecule has 1 aliphatic rings.